The predicted molar refractivity (Wildman–Crippen MR) is 117 cm³/mol. The van der Waals surface area contributed by atoms with E-state index in [4.69, 9.17) is 9.15 Å². The van der Waals surface area contributed by atoms with Crippen LogP contribution in [0.4, 0.5) is 0 Å². The second-order valence-corrected chi connectivity index (χ2v) is 10.0. The topological polar surface area (TPSA) is 100 Å². The van der Waals surface area contributed by atoms with Crippen LogP contribution in [0, 0.1) is 17.3 Å². The van der Waals surface area contributed by atoms with Crippen molar-refractivity contribution in [3.05, 3.63) is 46.1 Å². The molecule has 0 spiro atoms. The van der Waals surface area contributed by atoms with Gasteiger partial charge in [0.05, 0.1) is 5.56 Å². The predicted octanol–water partition coefficient (Wildman–Crippen LogP) is 5.12. The van der Waals surface area contributed by atoms with Gasteiger partial charge in [0.1, 0.15) is 45.3 Å². The third kappa shape index (κ3) is 2.60. The second-order valence-electron chi connectivity index (χ2n) is 10.0. The molecule has 0 bridgehead atoms. The van der Waals surface area contributed by atoms with Crippen molar-refractivity contribution in [2.75, 3.05) is 0 Å². The smallest absolute Gasteiger partial charge is 0.197 e. The average molecular weight is 422 g/mol. The lowest BCUT2D eigenvalue weighted by Crippen LogP contribution is -2.62. The maximum Gasteiger partial charge on any atom is 0.197 e. The summed E-state index contributed by atoms with van der Waals surface area (Å²) < 4.78 is 12.1. The van der Waals surface area contributed by atoms with E-state index in [1.54, 1.807) is 6.07 Å². The Kier molecular flexibility index (Phi) is 3.81. The van der Waals surface area contributed by atoms with Gasteiger partial charge in [0.15, 0.2) is 5.43 Å². The van der Waals surface area contributed by atoms with Crippen LogP contribution in [0.25, 0.3) is 22.3 Å². The number of phenols is 3. The number of fused-ring (bicyclic) bond motifs is 4. The number of aromatic hydroxyl groups is 3. The van der Waals surface area contributed by atoms with Gasteiger partial charge in [0.2, 0.25) is 0 Å². The maximum atomic E-state index is 12.7. The normalized spacial score (nSPS) is 25.3. The first-order valence-electron chi connectivity index (χ1n) is 10.5. The lowest BCUT2D eigenvalue weighted by molar-refractivity contribution is -0.148. The summed E-state index contributed by atoms with van der Waals surface area (Å²) in [6, 6.07) is 7.05. The molecule has 3 atom stereocenters. The van der Waals surface area contributed by atoms with E-state index in [0.717, 1.165) is 11.6 Å². The Morgan fingerprint density at radius 2 is 1.65 bits per heavy atom. The van der Waals surface area contributed by atoms with Crippen LogP contribution in [0.15, 0.2) is 39.5 Å². The highest BCUT2D eigenvalue weighted by molar-refractivity contribution is 5.86. The zero-order valence-electron chi connectivity index (χ0n) is 18.2. The fraction of sp³-hybridized carbons (Fsp3) is 0.400. The summed E-state index contributed by atoms with van der Waals surface area (Å²) in [5.41, 5.74) is 0.644. The Labute approximate surface area is 179 Å². The second kappa shape index (κ2) is 5.96. The molecule has 1 aliphatic heterocycles. The molecule has 2 heterocycles. The minimum atomic E-state index is -0.460. The first kappa shape index (κ1) is 19.8. The molecule has 3 N–H and O–H groups in total. The van der Waals surface area contributed by atoms with E-state index in [1.165, 1.54) is 12.1 Å². The summed E-state index contributed by atoms with van der Waals surface area (Å²) in [5.74, 6) is 1.19. The van der Waals surface area contributed by atoms with Gasteiger partial charge in [0, 0.05) is 30.2 Å². The Balaban J connectivity index is 1.72. The van der Waals surface area contributed by atoms with Crippen LogP contribution in [0.2, 0.25) is 0 Å². The Morgan fingerprint density at radius 1 is 0.935 bits per heavy atom. The van der Waals surface area contributed by atoms with Crippen molar-refractivity contribution in [3.8, 4) is 34.3 Å². The van der Waals surface area contributed by atoms with Gasteiger partial charge in [-0.3, -0.25) is 4.79 Å². The van der Waals surface area contributed by atoms with E-state index < -0.39 is 5.43 Å². The summed E-state index contributed by atoms with van der Waals surface area (Å²) in [6.07, 6.45) is 0. The standard InChI is InChI=1S/C25H26O6/c1-11-22-23(24(11,2)3)14-8-13(15(27)9-19(14)31-25(22,4)5)18-10-17(29)21-16(28)6-12(26)7-20(21)30-18/h6-11,22-23,26-28H,1-5H3/t11-,22-,23-/m0/s1. The Hall–Kier alpha value is -3.15. The minimum Gasteiger partial charge on any atom is -0.508 e. The summed E-state index contributed by atoms with van der Waals surface area (Å²) in [4.78, 5) is 12.7. The molecule has 2 aromatic carbocycles. The molecule has 1 saturated carbocycles. The quantitative estimate of drug-likeness (QED) is 0.503. The minimum absolute atomic E-state index is 0.0157. The van der Waals surface area contributed by atoms with Crippen molar-refractivity contribution >= 4 is 11.0 Å². The van der Waals surface area contributed by atoms with E-state index in [1.807, 2.05) is 6.07 Å². The lowest BCUT2D eigenvalue weighted by atomic mass is 9.43. The monoisotopic (exact) mass is 422 g/mol. The van der Waals surface area contributed by atoms with Gasteiger partial charge in [0.25, 0.3) is 0 Å². The molecule has 6 nitrogen and oxygen atoms in total. The summed E-state index contributed by atoms with van der Waals surface area (Å²) in [5, 5.41) is 30.6. The van der Waals surface area contributed by atoms with Crippen molar-refractivity contribution in [3.63, 3.8) is 0 Å². The summed E-state index contributed by atoms with van der Waals surface area (Å²) in [7, 11) is 0. The molecule has 0 amide bonds. The van der Waals surface area contributed by atoms with E-state index in [2.05, 4.69) is 34.6 Å². The zero-order valence-corrected chi connectivity index (χ0v) is 18.2. The summed E-state index contributed by atoms with van der Waals surface area (Å²) >= 11 is 0. The van der Waals surface area contributed by atoms with Crippen molar-refractivity contribution in [2.45, 2.75) is 46.1 Å². The molecule has 2 aliphatic rings. The summed E-state index contributed by atoms with van der Waals surface area (Å²) in [6.45, 7) is 10.9. The molecule has 162 valence electrons. The Bertz CT molecular complexity index is 1300. The number of rotatable bonds is 1. The van der Waals surface area contributed by atoms with E-state index in [-0.39, 0.29) is 50.9 Å². The van der Waals surface area contributed by atoms with Gasteiger partial charge in [-0.1, -0.05) is 20.8 Å². The van der Waals surface area contributed by atoms with Gasteiger partial charge in [-0.25, -0.2) is 0 Å². The number of phenolic OH excluding ortho intramolecular Hbond substituents is 3. The molecule has 0 saturated heterocycles. The van der Waals surface area contributed by atoms with Crippen molar-refractivity contribution < 1.29 is 24.5 Å². The van der Waals surface area contributed by atoms with E-state index in [9.17, 15) is 20.1 Å². The van der Waals surface area contributed by atoms with E-state index >= 15 is 0 Å². The van der Waals surface area contributed by atoms with Crippen molar-refractivity contribution in [2.24, 2.45) is 17.3 Å². The zero-order chi connectivity index (χ0) is 22.5. The van der Waals surface area contributed by atoms with Crippen molar-refractivity contribution in [1.29, 1.82) is 0 Å². The molecule has 0 radical (unpaired) electrons. The van der Waals surface area contributed by atoms with E-state index in [0.29, 0.717) is 23.1 Å². The largest absolute Gasteiger partial charge is 0.508 e. The fourth-order valence-electron chi connectivity index (χ4n) is 5.83. The third-order valence-electron chi connectivity index (χ3n) is 7.57. The molecule has 5 rings (SSSR count). The van der Waals surface area contributed by atoms with Crippen LogP contribution < -0.4 is 10.2 Å². The van der Waals surface area contributed by atoms with Crippen LogP contribution in [0.3, 0.4) is 0 Å². The van der Waals surface area contributed by atoms with Gasteiger partial charge in [-0.05, 0) is 42.7 Å². The van der Waals surface area contributed by atoms with Crippen LogP contribution in [0.5, 0.6) is 23.0 Å². The highest BCUT2D eigenvalue weighted by Gasteiger charge is 2.63. The first-order chi connectivity index (χ1) is 14.4. The van der Waals surface area contributed by atoms with Gasteiger partial charge >= 0.3 is 0 Å². The molecular weight excluding hydrogens is 396 g/mol. The Morgan fingerprint density at radius 3 is 2.35 bits per heavy atom. The molecule has 31 heavy (non-hydrogen) atoms. The van der Waals surface area contributed by atoms with Crippen molar-refractivity contribution in [1.82, 2.24) is 0 Å². The van der Waals surface area contributed by atoms with Crippen LogP contribution >= 0.6 is 0 Å². The van der Waals surface area contributed by atoms with Gasteiger partial charge in [-0.15, -0.1) is 0 Å². The van der Waals surface area contributed by atoms with Crippen LogP contribution in [-0.2, 0) is 0 Å². The highest BCUT2D eigenvalue weighted by Crippen LogP contribution is 2.68. The molecule has 3 aromatic rings. The molecule has 1 aromatic heterocycles. The maximum absolute atomic E-state index is 12.7. The average Bonchev–Trinajstić information content (AvgIpc) is 2.64. The highest BCUT2D eigenvalue weighted by atomic mass is 16.5. The van der Waals surface area contributed by atoms with Gasteiger partial charge in [-0.2, -0.15) is 0 Å². The van der Waals surface area contributed by atoms with Gasteiger partial charge < -0.3 is 24.5 Å². The van der Waals surface area contributed by atoms with Crippen LogP contribution in [0.1, 0.15) is 46.1 Å². The van der Waals surface area contributed by atoms with Crippen LogP contribution in [-0.4, -0.2) is 20.9 Å². The number of ether oxygens (including phenoxy) is 1. The number of benzene rings is 2. The molecular formula is C25H26O6. The number of hydrogen-bond donors (Lipinski definition) is 3. The first-order valence-corrected chi connectivity index (χ1v) is 10.5. The molecule has 1 fully saturated rings. The molecule has 6 heteroatoms. The molecule has 1 aliphatic carbocycles. The lowest BCUT2D eigenvalue weighted by Gasteiger charge is -2.64. The number of hydrogen-bond acceptors (Lipinski definition) is 6. The fourth-order valence-corrected chi connectivity index (χ4v) is 5.83. The third-order valence-corrected chi connectivity index (χ3v) is 7.57. The molecule has 0 unspecified atom stereocenters. The SMILES string of the molecule is C[C@H]1[C@H]2[C@H](c3cc(-c4cc(=O)c5c(O)cc(O)cc5o4)c(O)cc3OC2(C)C)C1(C)C.